The normalized spacial score (nSPS) is 12.1. The molecule has 0 aliphatic carbocycles. The Hall–Kier alpha value is -0.600. The van der Waals surface area contributed by atoms with Crippen molar-refractivity contribution >= 4 is 0 Å². The highest BCUT2D eigenvalue weighted by molar-refractivity contribution is 4.93. The first-order chi connectivity index (χ1) is 8.22. The smallest absolute Gasteiger partial charge is 0.0378 e. The first kappa shape index (κ1) is 26.1. The van der Waals surface area contributed by atoms with Crippen molar-refractivity contribution in [1.82, 2.24) is 0 Å². The lowest BCUT2D eigenvalue weighted by atomic mass is 10.0. The third-order valence-electron chi connectivity index (χ3n) is 1.21. The van der Waals surface area contributed by atoms with E-state index >= 15 is 0 Å². The lowest BCUT2D eigenvalue weighted by molar-refractivity contribution is 0.469. The molecule has 0 aromatic rings. The van der Waals surface area contributed by atoms with Crippen LogP contribution in [0.2, 0.25) is 0 Å². The van der Waals surface area contributed by atoms with Crippen molar-refractivity contribution in [2.24, 2.45) is 16.9 Å². The Morgan fingerprint density at radius 3 is 1.39 bits per heavy atom. The maximum Gasteiger partial charge on any atom is 0.0378 e. The average molecular weight is 258 g/mol. The van der Waals surface area contributed by atoms with Gasteiger partial charge in [0.2, 0.25) is 0 Å². The van der Waals surface area contributed by atoms with Crippen molar-refractivity contribution in [2.75, 3.05) is 0 Å². The molecule has 0 fully saturated rings. The predicted molar refractivity (Wildman–Crippen MR) is 88.8 cm³/mol. The summed E-state index contributed by atoms with van der Waals surface area (Å²) in [5, 5.41) is 0. The molecule has 2 heteroatoms. The molecule has 0 rings (SSSR count). The zero-order valence-electron chi connectivity index (χ0n) is 14.1. The van der Waals surface area contributed by atoms with Crippen LogP contribution in [0.1, 0.15) is 61.8 Å². The lowest BCUT2D eigenvalue weighted by Crippen LogP contribution is -2.39. The minimum absolute atomic E-state index is 0.0278. The fourth-order valence-electron chi connectivity index (χ4n) is 0.524. The van der Waals surface area contributed by atoms with E-state index < -0.39 is 0 Å². The number of rotatable bonds is 4. The summed E-state index contributed by atoms with van der Waals surface area (Å²) in [7, 11) is 0. The molecular formula is C16H38N2. The van der Waals surface area contributed by atoms with Crippen LogP contribution in [0.15, 0.2) is 25.3 Å². The van der Waals surface area contributed by atoms with Gasteiger partial charge in [-0.15, -0.1) is 13.2 Å². The van der Waals surface area contributed by atoms with Crippen molar-refractivity contribution in [2.45, 2.75) is 73.9 Å². The maximum absolute atomic E-state index is 5.57. The second-order valence-corrected chi connectivity index (χ2v) is 5.00. The molecule has 0 bridgehead atoms. The summed E-state index contributed by atoms with van der Waals surface area (Å²) in [6.07, 6.45) is 4.15. The fraction of sp³-hybridized carbons (Fsp3) is 0.750. The van der Waals surface area contributed by atoms with Crippen LogP contribution in [-0.2, 0) is 0 Å². The summed E-state index contributed by atoms with van der Waals surface area (Å²) in [5.74, 6) is 0. The Morgan fingerprint density at radius 2 is 1.22 bits per heavy atom. The van der Waals surface area contributed by atoms with Crippen LogP contribution < -0.4 is 11.5 Å². The van der Waals surface area contributed by atoms with Crippen LogP contribution in [0, 0.1) is 5.41 Å². The van der Waals surface area contributed by atoms with Gasteiger partial charge in [0.15, 0.2) is 0 Å². The lowest BCUT2D eigenvalue weighted by Gasteiger charge is -2.12. The van der Waals surface area contributed by atoms with E-state index in [2.05, 4.69) is 40.9 Å². The molecular weight excluding hydrogens is 220 g/mol. The molecule has 0 saturated heterocycles. The molecule has 112 valence electrons. The van der Waals surface area contributed by atoms with Crippen LogP contribution in [0.4, 0.5) is 0 Å². The van der Waals surface area contributed by atoms with Crippen molar-refractivity contribution in [3.8, 4) is 0 Å². The Labute approximate surface area is 117 Å². The fourth-order valence-corrected chi connectivity index (χ4v) is 0.524. The zero-order chi connectivity index (χ0) is 15.8. The van der Waals surface area contributed by atoms with Gasteiger partial charge in [-0.25, -0.2) is 0 Å². The van der Waals surface area contributed by atoms with Crippen molar-refractivity contribution in [3.05, 3.63) is 25.3 Å². The van der Waals surface area contributed by atoms with Crippen molar-refractivity contribution in [3.63, 3.8) is 0 Å². The molecule has 0 aromatic carbocycles. The Morgan fingerprint density at radius 1 is 0.944 bits per heavy atom. The molecule has 0 aromatic heterocycles. The van der Waals surface area contributed by atoms with Gasteiger partial charge in [-0.3, -0.25) is 0 Å². The van der Waals surface area contributed by atoms with E-state index in [0.717, 1.165) is 6.42 Å². The third kappa shape index (κ3) is 45.3. The summed E-state index contributed by atoms with van der Waals surface area (Å²) in [6, 6.07) is -0.136. The van der Waals surface area contributed by atoms with E-state index in [4.69, 9.17) is 11.5 Å². The van der Waals surface area contributed by atoms with Crippen LogP contribution in [0.25, 0.3) is 0 Å². The molecule has 2 atom stereocenters. The quantitative estimate of drug-likeness (QED) is 0.729. The first-order valence-electron chi connectivity index (χ1n) is 6.97. The van der Waals surface area contributed by atoms with Gasteiger partial charge >= 0.3 is 0 Å². The van der Waals surface area contributed by atoms with E-state index in [0.29, 0.717) is 5.41 Å². The number of hydrogen-bond acceptors (Lipinski definition) is 2. The second kappa shape index (κ2) is 18.8. The van der Waals surface area contributed by atoms with Gasteiger partial charge in [-0.1, -0.05) is 67.5 Å². The van der Waals surface area contributed by atoms with Gasteiger partial charge in [-0.2, -0.15) is 0 Å². The molecule has 0 amide bonds. The molecule has 18 heavy (non-hydrogen) atoms. The molecule has 2 unspecified atom stereocenters. The Balaban J connectivity index is -0.0000000925. The molecule has 0 spiro atoms. The first-order valence-corrected chi connectivity index (χ1v) is 6.97. The summed E-state index contributed by atoms with van der Waals surface area (Å²) in [4.78, 5) is 0. The van der Waals surface area contributed by atoms with Gasteiger partial charge in [-0.05, 0) is 11.8 Å². The van der Waals surface area contributed by atoms with E-state index in [9.17, 15) is 0 Å². The van der Waals surface area contributed by atoms with E-state index in [1.807, 2.05) is 27.7 Å². The SMILES string of the molecule is C=CCC(N)C(N)C=C.CC.CC.CC(C)(C)C. The number of hydrogen-bond donors (Lipinski definition) is 2. The largest absolute Gasteiger partial charge is 0.326 e. The van der Waals surface area contributed by atoms with Gasteiger partial charge in [0.1, 0.15) is 0 Å². The standard InChI is InChI=1S/C7H14N2.C5H12.2C2H6/c1-3-5-7(9)6(8)4-2;1-5(2,3)4;2*1-2/h3-4,6-7H,1-2,5,8-9H2;1-4H3;2*1-2H3. The second-order valence-electron chi connectivity index (χ2n) is 5.00. The monoisotopic (exact) mass is 258 g/mol. The predicted octanol–water partition coefficient (Wildman–Crippen LogP) is 4.51. The minimum atomic E-state index is -0.108. The van der Waals surface area contributed by atoms with Crippen LogP contribution in [-0.4, -0.2) is 12.1 Å². The van der Waals surface area contributed by atoms with Gasteiger partial charge in [0.05, 0.1) is 0 Å². The van der Waals surface area contributed by atoms with Gasteiger partial charge in [0.25, 0.3) is 0 Å². The summed E-state index contributed by atoms with van der Waals surface area (Å²) < 4.78 is 0. The summed E-state index contributed by atoms with van der Waals surface area (Å²) >= 11 is 0. The van der Waals surface area contributed by atoms with Gasteiger partial charge in [0, 0.05) is 12.1 Å². The Kier molecular flexibility index (Phi) is 27.2. The minimum Gasteiger partial charge on any atom is -0.326 e. The Bertz CT molecular complexity index is 151. The molecule has 0 aliphatic rings. The summed E-state index contributed by atoms with van der Waals surface area (Å²) in [6.45, 7) is 23.8. The highest BCUT2D eigenvalue weighted by Crippen LogP contribution is 2.08. The third-order valence-corrected chi connectivity index (χ3v) is 1.21. The van der Waals surface area contributed by atoms with E-state index in [-0.39, 0.29) is 12.1 Å². The maximum atomic E-state index is 5.57. The van der Waals surface area contributed by atoms with E-state index in [1.54, 1.807) is 12.2 Å². The topological polar surface area (TPSA) is 52.0 Å². The number of nitrogens with two attached hydrogens (primary N) is 2. The van der Waals surface area contributed by atoms with Crippen molar-refractivity contribution < 1.29 is 0 Å². The highest BCUT2D eigenvalue weighted by Gasteiger charge is 2.05. The van der Waals surface area contributed by atoms with Crippen LogP contribution in [0.5, 0.6) is 0 Å². The average Bonchev–Trinajstić information content (AvgIpc) is 2.31. The van der Waals surface area contributed by atoms with Crippen molar-refractivity contribution in [1.29, 1.82) is 0 Å². The van der Waals surface area contributed by atoms with Crippen LogP contribution in [0.3, 0.4) is 0 Å². The zero-order valence-corrected chi connectivity index (χ0v) is 14.1. The molecule has 0 radical (unpaired) electrons. The molecule has 0 heterocycles. The molecule has 0 aliphatic heterocycles. The van der Waals surface area contributed by atoms with Gasteiger partial charge < -0.3 is 11.5 Å². The summed E-state index contributed by atoms with van der Waals surface area (Å²) in [5.41, 5.74) is 11.6. The molecule has 2 nitrogen and oxygen atoms in total. The van der Waals surface area contributed by atoms with E-state index in [1.165, 1.54) is 0 Å². The molecule has 0 saturated carbocycles. The molecule has 4 N–H and O–H groups in total. The highest BCUT2D eigenvalue weighted by atomic mass is 14.8. The van der Waals surface area contributed by atoms with Crippen LogP contribution >= 0.6 is 0 Å².